The first kappa shape index (κ1) is 32.3. The monoisotopic (exact) mass is 648 g/mol. The number of fused-ring (bicyclic) bond motifs is 1. The third kappa shape index (κ3) is 7.03. The molecule has 246 valence electrons. The van der Waals surface area contributed by atoms with Gasteiger partial charge in [0.25, 0.3) is 0 Å². The second-order valence-corrected chi connectivity index (χ2v) is 12.6. The lowest BCUT2D eigenvalue weighted by Gasteiger charge is -2.34. The van der Waals surface area contributed by atoms with Crippen molar-refractivity contribution in [3.8, 4) is 40.0 Å². The molecule has 0 radical (unpaired) electrons. The number of rotatable bonds is 8. The van der Waals surface area contributed by atoms with Crippen molar-refractivity contribution in [2.24, 2.45) is 0 Å². The summed E-state index contributed by atoms with van der Waals surface area (Å²) in [5.41, 5.74) is 3.40. The van der Waals surface area contributed by atoms with Gasteiger partial charge in [0.2, 0.25) is 5.95 Å². The zero-order valence-electron chi connectivity index (χ0n) is 27.4. The Morgan fingerprint density at radius 2 is 1.79 bits per heavy atom. The highest BCUT2D eigenvalue weighted by Crippen LogP contribution is 2.40. The van der Waals surface area contributed by atoms with Crippen LogP contribution < -0.4 is 19.7 Å². The molecule has 5 aromatic rings. The van der Waals surface area contributed by atoms with Crippen molar-refractivity contribution in [1.82, 2.24) is 19.7 Å². The summed E-state index contributed by atoms with van der Waals surface area (Å²) < 4.78 is 34.3. The van der Waals surface area contributed by atoms with Gasteiger partial charge in [-0.3, -0.25) is 4.40 Å². The molecule has 0 bridgehead atoms. The maximum absolute atomic E-state index is 15.1. The van der Waals surface area contributed by atoms with E-state index in [1.165, 1.54) is 12.1 Å². The van der Waals surface area contributed by atoms with Gasteiger partial charge in [0, 0.05) is 37.1 Å². The molecular weight excluding hydrogens is 611 g/mol. The first-order valence-electron chi connectivity index (χ1n) is 15.8. The van der Waals surface area contributed by atoms with Crippen LogP contribution in [0.25, 0.3) is 28.0 Å². The normalized spacial score (nSPS) is 13.6. The number of benzene rings is 3. The van der Waals surface area contributed by atoms with Crippen LogP contribution >= 0.6 is 0 Å². The molecule has 0 aliphatic carbocycles. The molecule has 10 nitrogen and oxygen atoms in total. The number of halogens is 1. The highest BCUT2D eigenvalue weighted by molar-refractivity contribution is 5.91. The van der Waals surface area contributed by atoms with Crippen molar-refractivity contribution in [1.29, 1.82) is 5.26 Å². The molecule has 1 N–H and O–H groups in total. The molecule has 0 saturated carbocycles. The van der Waals surface area contributed by atoms with Gasteiger partial charge in [0.15, 0.2) is 11.5 Å². The smallest absolute Gasteiger partial charge is 0.407 e. The number of piperidine rings is 1. The molecule has 48 heavy (non-hydrogen) atoms. The van der Waals surface area contributed by atoms with Crippen LogP contribution in [0.3, 0.4) is 0 Å². The van der Waals surface area contributed by atoms with E-state index in [0.717, 1.165) is 11.1 Å². The molecule has 6 rings (SSSR count). The zero-order chi connectivity index (χ0) is 33.8. The number of aromatic nitrogens is 3. The predicted octanol–water partition coefficient (Wildman–Crippen LogP) is 7.16. The Hall–Kier alpha value is -5.63. The fourth-order valence-electron chi connectivity index (χ4n) is 5.79. The van der Waals surface area contributed by atoms with E-state index >= 15 is 4.39 Å². The molecule has 3 aromatic carbocycles. The van der Waals surface area contributed by atoms with E-state index in [4.69, 9.17) is 24.2 Å². The van der Waals surface area contributed by atoms with Crippen molar-refractivity contribution in [3.63, 3.8) is 0 Å². The van der Waals surface area contributed by atoms with Crippen LogP contribution in [0.15, 0.2) is 79.1 Å². The maximum atomic E-state index is 15.1. The quantitative estimate of drug-likeness (QED) is 0.189. The Labute approximate surface area is 278 Å². The van der Waals surface area contributed by atoms with Crippen LogP contribution in [0.5, 0.6) is 11.5 Å². The highest BCUT2D eigenvalue weighted by atomic mass is 19.1. The molecule has 0 atom stereocenters. The maximum Gasteiger partial charge on any atom is 0.407 e. The summed E-state index contributed by atoms with van der Waals surface area (Å²) in [5.74, 6) is 1.09. The van der Waals surface area contributed by atoms with Crippen molar-refractivity contribution < 1.29 is 23.4 Å². The van der Waals surface area contributed by atoms with Gasteiger partial charge >= 0.3 is 6.09 Å². The van der Waals surface area contributed by atoms with E-state index in [1.54, 1.807) is 19.4 Å². The molecule has 11 heteroatoms. The van der Waals surface area contributed by atoms with Crippen molar-refractivity contribution >= 4 is 17.7 Å². The minimum absolute atomic E-state index is 0.0469. The average molecular weight is 649 g/mol. The van der Waals surface area contributed by atoms with E-state index in [-0.39, 0.29) is 11.6 Å². The van der Waals surface area contributed by atoms with Gasteiger partial charge in [-0.2, -0.15) is 5.26 Å². The van der Waals surface area contributed by atoms with E-state index in [2.05, 4.69) is 10.2 Å². The standard InChI is InChI=1S/C37H37FN6O4/c1-37(2,3)48-36(45)41-28-14-17-43(18-15-28)35-42-33(26-10-11-27(22-39)29(38)20-26)32(34-40-16-19-44(34)35)25-12-13-30(46-4)31(21-25)47-23-24-8-6-5-7-9-24/h5-13,16,19-21,28H,14-15,17-18,23H2,1-4H3,(H,41,45). The Morgan fingerprint density at radius 3 is 2.48 bits per heavy atom. The van der Waals surface area contributed by atoms with Crippen molar-refractivity contribution in [2.75, 3.05) is 25.1 Å². The fourth-order valence-corrected chi connectivity index (χ4v) is 5.79. The number of hydrogen-bond donors (Lipinski definition) is 1. The number of ether oxygens (including phenoxy) is 3. The Bertz CT molecular complexity index is 1970. The largest absolute Gasteiger partial charge is 0.493 e. The summed E-state index contributed by atoms with van der Waals surface area (Å²) in [4.78, 5) is 24.4. The van der Waals surface area contributed by atoms with Gasteiger partial charge in [0.05, 0.1) is 23.9 Å². The summed E-state index contributed by atoms with van der Waals surface area (Å²) in [5, 5.41) is 12.4. The third-order valence-electron chi connectivity index (χ3n) is 8.08. The number of nitrogens with zero attached hydrogens (tertiary/aromatic N) is 5. The number of carbonyl (C=O) groups is 1. The van der Waals surface area contributed by atoms with E-state index < -0.39 is 17.5 Å². The predicted molar refractivity (Wildman–Crippen MR) is 180 cm³/mol. The number of anilines is 1. The number of carbonyl (C=O) groups excluding carboxylic acids is 1. The van der Waals surface area contributed by atoms with Gasteiger partial charge in [-0.05, 0) is 69.0 Å². The minimum Gasteiger partial charge on any atom is -0.493 e. The van der Waals surface area contributed by atoms with E-state index in [9.17, 15) is 10.1 Å². The van der Waals surface area contributed by atoms with Crippen LogP contribution in [0.1, 0.15) is 44.7 Å². The van der Waals surface area contributed by atoms with Gasteiger partial charge in [0.1, 0.15) is 29.7 Å². The lowest BCUT2D eigenvalue weighted by atomic mass is 9.98. The molecule has 1 aliphatic heterocycles. The fraction of sp³-hybridized carbons (Fsp3) is 0.297. The van der Waals surface area contributed by atoms with E-state index in [1.807, 2.05) is 86.0 Å². The first-order chi connectivity index (χ1) is 23.1. The van der Waals surface area contributed by atoms with Gasteiger partial charge in [-0.15, -0.1) is 0 Å². The minimum atomic E-state index is -0.636. The molecule has 1 aliphatic rings. The number of nitriles is 1. The average Bonchev–Trinajstić information content (AvgIpc) is 3.56. The molecule has 0 unspecified atom stereocenters. The van der Waals surface area contributed by atoms with Crippen molar-refractivity contribution in [2.45, 2.75) is 51.9 Å². The lowest BCUT2D eigenvalue weighted by molar-refractivity contribution is 0.0497. The van der Waals surface area contributed by atoms with Gasteiger partial charge in [-0.25, -0.2) is 19.2 Å². The van der Waals surface area contributed by atoms with Crippen LogP contribution in [0, 0.1) is 17.1 Å². The summed E-state index contributed by atoms with van der Waals surface area (Å²) in [6.07, 6.45) is 4.49. The number of imidazole rings is 1. The first-order valence-corrected chi connectivity index (χ1v) is 15.8. The molecule has 0 spiro atoms. The summed E-state index contributed by atoms with van der Waals surface area (Å²) in [6, 6.07) is 21.8. The van der Waals surface area contributed by atoms with Crippen LogP contribution in [-0.4, -0.2) is 52.3 Å². The Morgan fingerprint density at radius 1 is 1.04 bits per heavy atom. The zero-order valence-corrected chi connectivity index (χ0v) is 27.4. The SMILES string of the molecule is COc1ccc(-c2c(-c3ccc(C#N)c(F)c3)nc(N3CCC(NC(=O)OC(C)(C)C)CC3)n3ccnc23)cc1OCc1ccccc1. The van der Waals surface area contributed by atoms with Crippen LogP contribution in [0.4, 0.5) is 15.1 Å². The molecule has 3 heterocycles. The molecule has 1 saturated heterocycles. The number of nitrogens with one attached hydrogen (secondary N) is 1. The second kappa shape index (κ2) is 13.6. The van der Waals surface area contributed by atoms with Crippen LogP contribution in [-0.2, 0) is 11.3 Å². The second-order valence-electron chi connectivity index (χ2n) is 12.6. The van der Waals surface area contributed by atoms with Gasteiger partial charge in [-0.1, -0.05) is 42.5 Å². The molecular formula is C37H37FN6O4. The summed E-state index contributed by atoms with van der Waals surface area (Å²) in [6.45, 7) is 7.07. The third-order valence-corrected chi connectivity index (χ3v) is 8.08. The van der Waals surface area contributed by atoms with E-state index in [0.29, 0.717) is 72.5 Å². The lowest BCUT2D eigenvalue weighted by Crippen LogP contribution is -2.46. The van der Waals surface area contributed by atoms with Gasteiger partial charge < -0.3 is 24.4 Å². The van der Waals surface area contributed by atoms with Crippen molar-refractivity contribution in [3.05, 3.63) is 96.1 Å². The molecule has 2 aromatic heterocycles. The number of alkyl carbamates (subject to hydrolysis) is 1. The number of methoxy groups -OCH3 is 1. The molecule has 1 amide bonds. The van der Waals surface area contributed by atoms with Crippen LogP contribution in [0.2, 0.25) is 0 Å². The topological polar surface area (TPSA) is 114 Å². The molecule has 1 fully saturated rings. The summed E-state index contributed by atoms with van der Waals surface area (Å²) >= 11 is 0. The number of amides is 1. The Balaban J connectivity index is 1.40. The number of hydrogen-bond acceptors (Lipinski definition) is 8. The Kier molecular flexibility index (Phi) is 9.17. The highest BCUT2D eigenvalue weighted by Gasteiger charge is 2.28. The summed E-state index contributed by atoms with van der Waals surface area (Å²) in [7, 11) is 1.59.